The Labute approximate surface area is 126 Å². The van der Waals surface area contributed by atoms with Crippen LogP contribution >= 0.6 is 24.0 Å². The molecule has 0 unspecified atom stereocenters. The van der Waals surface area contributed by atoms with E-state index in [0.29, 0.717) is 9.23 Å². The van der Waals surface area contributed by atoms with E-state index < -0.39 is 0 Å². The van der Waals surface area contributed by atoms with Gasteiger partial charge in [-0.3, -0.25) is 9.69 Å². The van der Waals surface area contributed by atoms with Gasteiger partial charge in [0.1, 0.15) is 0 Å². The van der Waals surface area contributed by atoms with Gasteiger partial charge in [-0.1, -0.05) is 42.2 Å². The number of carbonyl (C=O) groups excluding carboxylic acids is 1. The lowest BCUT2D eigenvalue weighted by Crippen LogP contribution is -2.28. The van der Waals surface area contributed by atoms with Crippen molar-refractivity contribution in [3.8, 4) is 0 Å². The van der Waals surface area contributed by atoms with Crippen molar-refractivity contribution in [2.75, 3.05) is 4.90 Å². The van der Waals surface area contributed by atoms with E-state index in [1.807, 2.05) is 55.6 Å². The number of hydrogen-bond acceptors (Lipinski definition) is 3. The Kier molecular flexibility index (Phi) is 3.46. The number of aromatic nitrogens is 1. The second-order valence-corrected chi connectivity index (χ2v) is 6.10. The summed E-state index contributed by atoms with van der Waals surface area (Å²) in [6.07, 6.45) is 3.66. The number of benzene rings is 1. The fourth-order valence-electron chi connectivity index (χ4n) is 2.06. The Bertz CT molecular complexity index is 704. The number of nitrogens with one attached hydrogen (secondary N) is 1. The lowest BCUT2D eigenvalue weighted by Gasteiger charge is -2.16. The summed E-state index contributed by atoms with van der Waals surface area (Å²) in [5, 5.41) is 0. The predicted octanol–water partition coefficient (Wildman–Crippen LogP) is 3.73. The van der Waals surface area contributed by atoms with Gasteiger partial charge in [0, 0.05) is 11.9 Å². The van der Waals surface area contributed by atoms with Gasteiger partial charge in [-0.05, 0) is 36.8 Å². The summed E-state index contributed by atoms with van der Waals surface area (Å²) in [5.74, 6) is -0.0658. The summed E-state index contributed by atoms with van der Waals surface area (Å²) in [6, 6.07) is 11.6. The van der Waals surface area contributed by atoms with E-state index in [2.05, 4.69) is 4.98 Å². The maximum Gasteiger partial charge on any atom is 0.270 e. The summed E-state index contributed by atoms with van der Waals surface area (Å²) < 4.78 is 0.571. The van der Waals surface area contributed by atoms with Crippen LogP contribution in [0.25, 0.3) is 6.08 Å². The maximum absolute atomic E-state index is 12.5. The minimum Gasteiger partial charge on any atom is -0.362 e. The van der Waals surface area contributed by atoms with Crippen LogP contribution in [-0.2, 0) is 4.79 Å². The average molecular weight is 300 g/mol. The number of hydrogen-bond donors (Lipinski definition) is 1. The van der Waals surface area contributed by atoms with Gasteiger partial charge in [0.15, 0.2) is 4.32 Å². The Morgan fingerprint density at radius 1 is 1.25 bits per heavy atom. The molecule has 0 aliphatic carbocycles. The third kappa shape index (κ3) is 2.30. The van der Waals surface area contributed by atoms with Crippen LogP contribution < -0.4 is 4.90 Å². The first kappa shape index (κ1) is 13.1. The van der Waals surface area contributed by atoms with Crippen molar-refractivity contribution in [2.45, 2.75) is 6.92 Å². The van der Waals surface area contributed by atoms with E-state index >= 15 is 0 Å². The number of para-hydroxylation sites is 1. The van der Waals surface area contributed by atoms with Gasteiger partial charge in [0.25, 0.3) is 5.91 Å². The molecule has 0 radical (unpaired) electrons. The summed E-state index contributed by atoms with van der Waals surface area (Å²) in [5.41, 5.74) is 2.78. The van der Waals surface area contributed by atoms with Crippen LogP contribution in [-0.4, -0.2) is 15.2 Å². The molecule has 1 saturated heterocycles. The molecule has 1 aromatic carbocycles. The number of carbonyl (C=O) groups is 1. The molecular weight excluding hydrogens is 288 g/mol. The van der Waals surface area contributed by atoms with E-state index in [1.165, 1.54) is 11.8 Å². The number of amides is 1. The van der Waals surface area contributed by atoms with Gasteiger partial charge in [-0.2, -0.15) is 0 Å². The van der Waals surface area contributed by atoms with Crippen molar-refractivity contribution in [1.82, 2.24) is 4.98 Å². The first-order chi connectivity index (χ1) is 9.66. The molecular formula is C15H12N2OS2. The number of anilines is 1. The minimum absolute atomic E-state index is 0.0658. The number of thioether (sulfide) groups is 1. The molecule has 0 spiro atoms. The quantitative estimate of drug-likeness (QED) is 0.678. The average Bonchev–Trinajstić information content (AvgIpc) is 3.01. The highest BCUT2D eigenvalue weighted by atomic mass is 32.2. The van der Waals surface area contributed by atoms with Crippen LogP contribution in [0.2, 0.25) is 0 Å². The van der Waals surface area contributed by atoms with Crippen molar-refractivity contribution in [3.63, 3.8) is 0 Å². The molecule has 0 bridgehead atoms. The Morgan fingerprint density at radius 3 is 2.75 bits per heavy atom. The number of aryl methyl sites for hydroxylation is 1. The van der Waals surface area contributed by atoms with Gasteiger partial charge in [0.05, 0.1) is 10.6 Å². The molecule has 0 atom stereocenters. The van der Waals surface area contributed by atoms with Gasteiger partial charge in [-0.25, -0.2) is 0 Å². The molecule has 3 nitrogen and oxygen atoms in total. The van der Waals surface area contributed by atoms with Gasteiger partial charge < -0.3 is 4.98 Å². The highest BCUT2D eigenvalue weighted by Gasteiger charge is 2.33. The highest BCUT2D eigenvalue weighted by molar-refractivity contribution is 8.27. The fraction of sp³-hybridized carbons (Fsp3) is 0.0667. The Morgan fingerprint density at radius 2 is 2.05 bits per heavy atom. The van der Waals surface area contributed by atoms with Crippen molar-refractivity contribution in [3.05, 3.63) is 58.8 Å². The molecule has 1 fully saturated rings. The predicted molar refractivity (Wildman–Crippen MR) is 87.6 cm³/mol. The number of rotatable bonds is 2. The summed E-state index contributed by atoms with van der Waals surface area (Å²) in [6.45, 7) is 1.97. The number of H-pyrrole nitrogens is 1. The molecule has 100 valence electrons. The molecule has 2 aromatic rings. The first-order valence-electron chi connectivity index (χ1n) is 6.14. The van der Waals surface area contributed by atoms with E-state index in [-0.39, 0.29) is 5.91 Å². The molecule has 1 aromatic heterocycles. The van der Waals surface area contributed by atoms with Gasteiger partial charge >= 0.3 is 0 Å². The van der Waals surface area contributed by atoms with Crippen LogP contribution in [0, 0.1) is 6.92 Å². The van der Waals surface area contributed by atoms with Crippen LogP contribution in [0.1, 0.15) is 11.3 Å². The second-order valence-electron chi connectivity index (χ2n) is 4.43. The van der Waals surface area contributed by atoms with Gasteiger partial charge in [-0.15, -0.1) is 0 Å². The molecule has 3 rings (SSSR count). The highest BCUT2D eigenvalue weighted by Crippen LogP contribution is 2.36. The summed E-state index contributed by atoms with van der Waals surface area (Å²) in [7, 11) is 0. The SMILES string of the molecule is Cc1ccccc1N1C(=O)/C(=C/c2ccc[nH]2)SC1=S. The zero-order chi connectivity index (χ0) is 14.1. The molecule has 20 heavy (non-hydrogen) atoms. The van der Waals surface area contributed by atoms with Crippen LogP contribution in [0.15, 0.2) is 47.5 Å². The number of aromatic amines is 1. The molecule has 0 saturated carbocycles. The van der Waals surface area contributed by atoms with Crippen molar-refractivity contribution in [1.29, 1.82) is 0 Å². The number of nitrogens with zero attached hydrogens (tertiary/aromatic N) is 1. The molecule has 1 aliphatic rings. The number of thiocarbonyl (C=S) groups is 1. The van der Waals surface area contributed by atoms with Crippen LogP contribution in [0.3, 0.4) is 0 Å². The lowest BCUT2D eigenvalue weighted by atomic mass is 10.2. The van der Waals surface area contributed by atoms with Crippen LogP contribution in [0.5, 0.6) is 0 Å². The first-order valence-corrected chi connectivity index (χ1v) is 7.36. The maximum atomic E-state index is 12.5. The molecule has 1 amide bonds. The topological polar surface area (TPSA) is 36.1 Å². The third-order valence-electron chi connectivity index (χ3n) is 3.06. The molecule has 1 N–H and O–H groups in total. The van der Waals surface area contributed by atoms with E-state index in [0.717, 1.165) is 16.9 Å². The van der Waals surface area contributed by atoms with Crippen molar-refractivity contribution in [2.24, 2.45) is 0 Å². The lowest BCUT2D eigenvalue weighted by molar-refractivity contribution is -0.113. The van der Waals surface area contributed by atoms with E-state index in [4.69, 9.17) is 12.2 Å². The zero-order valence-corrected chi connectivity index (χ0v) is 12.4. The van der Waals surface area contributed by atoms with E-state index in [9.17, 15) is 4.79 Å². The molecule has 1 aliphatic heterocycles. The smallest absolute Gasteiger partial charge is 0.270 e. The van der Waals surface area contributed by atoms with Gasteiger partial charge in [0.2, 0.25) is 0 Å². The third-order valence-corrected chi connectivity index (χ3v) is 4.36. The summed E-state index contributed by atoms with van der Waals surface area (Å²) >= 11 is 6.68. The molecule has 2 heterocycles. The standard InChI is InChI=1S/C15H12N2OS2/c1-10-5-2-3-7-12(10)17-14(18)13(20-15(17)19)9-11-6-4-8-16-11/h2-9,16H,1H3/b13-9-. The monoisotopic (exact) mass is 300 g/mol. The largest absolute Gasteiger partial charge is 0.362 e. The Balaban J connectivity index is 1.98. The second kappa shape index (κ2) is 5.26. The zero-order valence-electron chi connectivity index (χ0n) is 10.8. The van der Waals surface area contributed by atoms with Crippen LogP contribution in [0.4, 0.5) is 5.69 Å². The fourth-order valence-corrected chi connectivity index (χ4v) is 3.34. The summed E-state index contributed by atoms with van der Waals surface area (Å²) in [4.78, 5) is 17.8. The normalized spacial score (nSPS) is 17.2. The molecule has 5 heteroatoms. The van der Waals surface area contributed by atoms with Crippen molar-refractivity contribution < 1.29 is 4.79 Å². The van der Waals surface area contributed by atoms with E-state index in [1.54, 1.807) is 4.90 Å². The minimum atomic E-state index is -0.0658. The van der Waals surface area contributed by atoms with Crippen molar-refractivity contribution >= 4 is 46.0 Å². The Hall–Kier alpha value is -1.85.